The fourth-order valence-electron chi connectivity index (χ4n) is 6.05. The molecule has 9 aromatic rings. The van der Waals surface area contributed by atoms with E-state index in [2.05, 4.69) is 0 Å². The van der Waals surface area contributed by atoms with Gasteiger partial charge in [0, 0.05) is 47.9 Å². The number of benzene rings is 7. The zero-order chi connectivity index (χ0) is 35.8. The monoisotopic (exact) mass is 600 g/mol. The normalized spacial score (nSPS) is 13.7. The standard InChI is InChI=1S/C42H27NOS/c1-3-11-28(12-4-1)29-19-21-31(22-20-29)43(32-23-24-36-35-16-8-10-18-39(35)45-40(36)27-32)41-33(30-13-5-2-6-14-30)25-26-37-34-15-7-9-17-38(34)44-42(37)41/h1-27H/i8D,10D,16D,18D,23D,24D,27D. The van der Waals surface area contributed by atoms with Crippen molar-refractivity contribution in [3.63, 3.8) is 0 Å². The minimum absolute atomic E-state index is 0.0617. The van der Waals surface area contributed by atoms with Crippen LogP contribution < -0.4 is 4.90 Å². The molecule has 3 heteroatoms. The molecule has 0 atom stereocenters. The summed E-state index contributed by atoms with van der Waals surface area (Å²) in [7, 11) is 0. The van der Waals surface area contributed by atoms with Gasteiger partial charge in [-0.05, 0) is 59.1 Å². The molecule has 7 aromatic carbocycles. The van der Waals surface area contributed by atoms with E-state index in [1.807, 2.05) is 126 Å². The number of para-hydroxylation sites is 1. The van der Waals surface area contributed by atoms with Gasteiger partial charge in [-0.1, -0.05) is 121 Å². The molecule has 2 heterocycles. The van der Waals surface area contributed by atoms with E-state index in [-0.39, 0.29) is 57.4 Å². The van der Waals surface area contributed by atoms with Crippen LogP contribution in [-0.2, 0) is 0 Å². The Balaban J connectivity index is 1.42. The Hall–Kier alpha value is -5.64. The first-order chi connectivity index (χ1) is 25.2. The molecule has 0 aliphatic rings. The van der Waals surface area contributed by atoms with Crippen LogP contribution in [0.2, 0.25) is 0 Å². The van der Waals surface area contributed by atoms with E-state index >= 15 is 0 Å². The Bertz CT molecular complexity index is 2870. The summed E-state index contributed by atoms with van der Waals surface area (Å²) in [6.07, 6.45) is 0. The number of hydrogen-bond acceptors (Lipinski definition) is 3. The minimum atomic E-state index is -0.414. The second kappa shape index (κ2) is 10.5. The van der Waals surface area contributed by atoms with Gasteiger partial charge < -0.3 is 9.32 Å². The maximum absolute atomic E-state index is 9.77. The molecule has 2 nitrogen and oxygen atoms in total. The molecule has 2 aromatic heterocycles. The van der Waals surface area contributed by atoms with E-state index in [1.165, 1.54) is 0 Å². The maximum atomic E-state index is 9.77. The molecule has 0 fully saturated rings. The van der Waals surface area contributed by atoms with Gasteiger partial charge in [0.05, 0.1) is 15.3 Å². The Morgan fingerprint density at radius 1 is 0.511 bits per heavy atom. The fourth-order valence-corrected chi connectivity index (χ4v) is 7.01. The zero-order valence-corrected chi connectivity index (χ0v) is 24.6. The molecule has 212 valence electrons. The first kappa shape index (κ1) is 19.6. The average Bonchev–Trinajstić information content (AvgIpc) is 3.78. The number of fused-ring (bicyclic) bond motifs is 6. The molecule has 9 rings (SSSR count). The predicted octanol–water partition coefficient (Wildman–Crippen LogP) is 12.8. The number of anilines is 3. The molecular formula is C42H27NOS. The van der Waals surface area contributed by atoms with Crippen LogP contribution in [0.3, 0.4) is 0 Å². The molecule has 0 aliphatic carbocycles. The minimum Gasteiger partial charge on any atom is -0.454 e. The van der Waals surface area contributed by atoms with Gasteiger partial charge in [-0.15, -0.1) is 11.3 Å². The van der Waals surface area contributed by atoms with E-state index in [9.17, 15) is 4.11 Å². The van der Waals surface area contributed by atoms with Crippen LogP contribution in [-0.4, -0.2) is 0 Å². The quantitative estimate of drug-likeness (QED) is 0.195. The summed E-state index contributed by atoms with van der Waals surface area (Å²) in [5.41, 5.74) is 6.30. The molecule has 0 saturated carbocycles. The second-order valence-corrected chi connectivity index (χ2v) is 11.8. The first-order valence-corrected chi connectivity index (χ1v) is 15.4. The average molecular weight is 601 g/mol. The Morgan fingerprint density at radius 2 is 1.20 bits per heavy atom. The summed E-state index contributed by atoms with van der Waals surface area (Å²) in [6.45, 7) is 0. The van der Waals surface area contributed by atoms with Crippen molar-refractivity contribution in [1.82, 2.24) is 0 Å². The topological polar surface area (TPSA) is 16.4 Å². The van der Waals surface area contributed by atoms with Crippen LogP contribution in [0, 0.1) is 0 Å². The zero-order valence-electron chi connectivity index (χ0n) is 30.8. The van der Waals surface area contributed by atoms with Gasteiger partial charge in [-0.25, -0.2) is 0 Å². The number of thiophene rings is 1. The highest BCUT2D eigenvalue weighted by molar-refractivity contribution is 7.25. The van der Waals surface area contributed by atoms with Crippen molar-refractivity contribution in [2.75, 3.05) is 4.90 Å². The van der Waals surface area contributed by atoms with Gasteiger partial charge >= 0.3 is 0 Å². The van der Waals surface area contributed by atoms with Crippen LogP contribution in [0.15, 0.2) is 168 Å². The third kappa shape index (κ3) is 4.32. The van der Waals surface area contributed by atoms with Gasteiger partial charge in [-0.3, -0.25) is 0 Å². The first-order valence-electron chi connectivity index (χ1n) is 18.1. The van der Waals surface area contributed by atoms with Crippen molar-refractivity contribution >= 4 is 70.5 Å². The lowest BCUT2D eigenvalue weighted by Gasteiger charge is -2.28. The fraction of sp³-hybridized carbons (Fsp3) is 0. The van der Waals surface area contributed by atoms with Crippen LogP contribution in [0.5, 0.6) is 0 Å². The molecule has 0 radical (unpaired) electrons. The lowest BCUT2D eigenvalue weighted by atomic mass is 9.98. The van der Waals surface area contributed by atoms with Gasteiger partial charge in [-0.2, -0.15) is 0 Å². The van der Waals surface area contributed by atoms with E-state index in [0.717, 1.165) is 44.4 Å². The van der Waals surface area contributed by atoms with E-state index < -0.39 is 6.04 Å². The van der Waals surface area contributed by atoms with Crippen molar-refractivity contribution in [1.29, 1.82) is 0 Å². The summed E-state index contributed by atoms with van der Waals surface area (Å²) in [6, 6.07) is 37.7. The van der Waals surface area contributed by atoms with Crippen LogP contribution in [0.1, 0.15) is 9.60 Å². The molecule has 0 N–H and O–H groups in total. The Labute approximate surface area is 274 Å². The van der Waals surface area contributed by atoms with E-state index in [1.54, 1.807) is 0 Å². The maximum Gasteiger partial charge on any atom is 0.160 e. The predicted molar refractivity (Wildman–Crippen MR) is 192 cm³/mol. The highest BCUT2D eigenvalue weighted by Crippen LogP contribution is 2.48. The summed E-state index contributed by atoms with van der Waals surface area (Å²) in [4.78, 5) is 1.84. The van der Waals surface area contributed by atoms with Crippen molar-refractivity contribution < 1.29 is 14.0 Å². The molecule has 0 aliphatic heterocycles. The summed E-state index contributed by atoms with van der Waals surface area (Å²) in [5.74, 6) is 0. The third-order valence-corrected chi connectivity index (χ3v) is 9.18. The molecule has 0 amide bonds. The summed E-state index contributed by atoms with van der Waals surface area (Å²) < 4.78 is 70.0. The molecule has 0 spiro atoms. The molecule has 0 saturated heterocycles. The Kier molecular flexibility index (Phi) is 4.58. The van der Waals surface area contributed by atoms with Gasteiger partial charge in [0.25, 0.3) is 0 Å². The molecule has 0 unspecified atom stereocenters. The van der Waals surface area contributed by atoms with Gasteiger partial charge in [0.2, 0.25) is 0 Å². The van der Waals surface area contributed by atoms with Crippen molar-refractivity contribution in [2.45, 2.75) is 0 Å². The molecule has 45 heavy (non-hydrogen) atoms. The van der Waals surface area contributed by atoms with Crippen LogP contribution in [0.25, 0.3) is 64.4 Å². The number of hydrogen-bond donors (Lipinski definition) is 0. The Morgan fingerprint density at radius 3 is 2.02 bits per heavy atom. The smallest absolute Gasteiger partial charge is 0.160 e. The van der Waals surface area contributed by atoms with E-state index in [4.69, 9.17) is 9.90 Å². The largest absolute Gasteiger partial charge is 0.454 e. The molecular weight excluding hydrogens is 567 g/mol. The van der Waals surface area contributed by atoms with Crippen molar-refractivity contribution in [2.24, 2.45) is 0 Å². The van der Waals surface area contributed by atoms with E-state index in [0.29, 0.717) is 27.2 Å². The number of nitrogens with zero attached hydrogens (tertiary/aromatic N) is 1. The van der Waals surface area contributed by atoms with Gasteiger partial charge in [0.15, 0.2) is 5.58 Å². The number of rotatable bonds is 5. The summed E-state index contributed by atoms with van der Waals surface area (Å²) in [5, 5.41) is 2.11. The number of furan rings is 1. The molecule has 0 bridgehead atoms. The van der Waals surface area contributed by atoms with Crippen molar-refractivity contribution in [3.05, 3.63) is 164 Å². The lowest BCUT2D eigenvalue weighted by Crippen LogP contribution is -2.11. The van der Waals surface area contributed by atoms with Crippen LogP contribution in [0.4, 0.5) is 17.1 Å². The van der Waals surface area contributed by atoms with Crippen LogP contribution >= 0.6 is 11.3 Å². The SMILES string of the molecule is [2H]c1c([2H])c([2H])c2c(sc3c([2H])c(N(c4ccc(-c5ccccc5)cc4)c4c(-c5ccccc5)ccc5c4oc4ccccc45)c([2H])c([2H])c32)c1[2H]. The van der Waals surface area contributed by atoms with Gasteiger partial charge in [0.1, 0.15) is 5.58 Å². The highest BCUT2D eigenvalue weighted by atomic mass is 32.1. The lowest BCUT2D eigenvalue weighted by molar-refractivity contribution is 0.669. The third-order valence-electron chi connectivity index (χ3n) is 8.16. The summed E-state index contributed by atoms with van der Waals surface area (Å²) >= 11 is 1.05. The second-order valence-electron chi connectivity index (χ2n) is 10.8. The van der Waals surface area contributed by atoms with Crippen molar-refractivity contribution in [3.8, 4) is 22.3 Å². The highest BCUT2D eigenvalue weighted by Gasteiger charge is 2.24.